The smallest absolute Gasteiger partial charge is 0.232 e. The first-order chi connectivity index (χ1) is 10.8. The van der Waals surface area contributed by atoms with Gasteiger partial charge in [-0.05, 0) is 18.2 Å². The monoisotopic (exact) mass is 380 g/mol. The van der Waals surface area contributed by atoms with Crippen LogP contribution in [0.4, 0.5) is 5.69 Å². The third-order valence-corrected chi connectivity index (χ3v) is 5.06. The molecule has 23 heavy (non-hydrogen) atoms. The molecule has 0 radical (unpaired) electrons. The van der Waals surface area contributed by atoms with Gasteiger partial charge in [0, 0.05) is 36.1 Å². The molecule has 1 aromatic rings. The van der Waals surface area contributed by atoms with Crippen LogP contribution in [0.3, 0.4) is 0 Å². The second-order valence-corrected chi connectivity index (χ2v) is 7.99. The van der Waals surface area contributed by atoms with Crippen molar-refractivity contribution in [2.75, 3.05) is 43.4 Å². The van der Waals surface area contributed by atoms with Gasteiger partial charge in [-0.25, -0.2) is 8.42 Å². The molecule has 9 heteroatoms. The number of anilines is 1. The molecule has 0 aromatic heterocycles. The van der Waals surface area contributed by atoms with Crippen LogP contribution in [0.5, 0.6) is 0 Å². The molecule has 128 valence electrons. The number of hydrogen-bond donors (Lipinski definition) is 0. The van der Waals surface area contributed by atoms with Crippen molar-refractivity contribution in [2.45, 2.75) is 6.42 Å². The Balaban J connectivity index is 2.12. The van der Waals surface area contributed by atoms with E-state index in [4.69, 9.17) is 27.9 Å². The number of carbonyl (C=O) groups excluding carboxylic acids is 1. The summed E-state index contributed by atoms with van der Waals surface area (Å²) in [6.07, 6.45) is 1.16. The number of ether oxygens (including phenoxy) is 1. The first-order valence-corrected chi connectivity index (χ1v) is 9.67. The Kier molecular flexibility index (Phi) is 6.13. The molecule has 2 rings (SSSR count). The summed E-state index contributed by atoms with van der Waals surface area (Å²) < 4.78 is 30.4. The highest BCUT2D eigenvalue weighted by molar-refractivity contribution is 7.92. The van der Waals surface area contributed by atoms with Crippen molar-refractivity contribution in [2.24, 2.45) is 0 Å². The first-order valence-electron chi connectivity index (χ1n) is 7.07. The number of benzene rings is 1. The van der Waals surface area contributed by atoms with Gasteiger partial charge in [0.1, 0.15) is 0 Å². The Morgan fingerprint density at radius 2 is 1.78 bits per heavy atom. The fourth-order valence-electron chi connectivity index (χ4n) is 2.34. The van der Waals surface area contributed by atoms with Crippen molar-refractivity contribution in [3.8, 4) is 0 Å². The molecule has 0 N–H and O–H groups in total. The number of carbonyl (C=O) groups is 1. The maximum atomic E-state index is 12.2. The van der Waals surface area contributed by atoms with Gasteiger partial charge < -0.3 is 9.64 Å². The van der Waals surface area contributed by atoms with Crippen molar-refractivity contribution >= 4 is 44.8 Å². The SMILES string of the molecule is CS(=O)(=O)N(CCC(=O)N1CCOCC1)c1cc(Cl)cc(Cl)c1. The third kappa shape index (κ3) is 5.24. The molecule has 6 nitrogen and oxygen atoms in total. The van der Waals surface area contributed by atoms with E-state index < -0.39 is 10.0 Å². The second-order valence-electron chi connectivity index (χ2n) is 5.21. The van der Waals surface area contributed by atoms with Crippen LogP contribution in [-0.2, 0) is 19.6 Å². The van der Waals surface area contributed by atoms with Gasteiger partial charge in [-0.15, -0.1) is 0 Å². The Bertz CT molecular complexity index is 655. The van der Waals surface area contributed by atoms with Crippen molar-refractivity contribution in [1.82, 2.24) is 4.90 Å². The maximum absolute atomic E-state index is 12.2. The van der Waals surface area contributed by atoms with Crippen LogP contribution in [0, 0.1) is 0 Å². The summed E-state index contributed by atoms with van der Waals surface area (Å²) in [4.78, 5) is 13.9. The van der Waals surface area contributed by atoms with E-state index in [0.717, 1.165) is 10.6 Å². The molecule has 1 heterocycles. The Morgan fingerprint density at radius 3 is 2.30 bits per heavy atom. The highest BCUT2D eigenvalue weighted by Crippen LogP contribution is 2.27. The highest BCUT2D eigenvalue weighted by atomic mass is 35.5. The largest absolute Gasteiger partial charge is 0.378 e. The van der Waals surface area contributed by atoms with Gasteiger partial charge >= 0.3 is 0 Å². The zero-order valence-corrected chi connectivity index (χ0v) is 15.0. The summed E-state index contributed by atoms with van der Waals surface area (Å²) in [5.41, 5.74) is 0.347. The van der Waals surface area contributed by atoms with Crippen molar-refractivity contribution in [3.05, 3.63) is 28.2 Å². The number of rotatable bonds is 5. The predicted molar refractivity (Wildman–Crippen MR) is 90.7 cm³/mol. The first kappa shape index (κ1) is 18.3. The number of nitrogens with zero attached hydrogens (tertiary/aromatic N) is 2. The molecule has 0 saturated carbocycles. The zero-order chi connectivity index (χ0) is 17.0. The van der Waals surface area contributed by atoms with Crippen LogP contribution in [0.2, 0.25) is 10.0 Å². The molecule has 0 spiro atoms. The van der Waals surface area contributed by atoms with E-state index in [9.17, 15) is 13.2 Å². The van der Waals surface area contributed by atoms with Gasteiger partial charge in [0.25, 0.3) is 0 Å². The quantitative estimate of drug-likeness (QED) is 0.783. The molecule has 0 unspecified atom stereocenters. The molecular weight excluding hydrogens is 363 g/mol. The summed E-state index contributed by atoms with van der Waals surface area (Å²) in [5.74, 6) is -0.102. The molecule has 1 aliphatic heterocycles. The molecule has 1 saturated heterocycles. The molecule has 1 amide bonds. The lowest BCUT2D eigenvalue weighted by Crippen LogP contribution is -2.42. The fraction of sp³-hybridized carbons (Fsp3) is 0.500. The lowest BCUT2D eigenvalue weighted by Gasteiger charge is -2.28. The summed E-state index contributed by atoms with van der Waals surface area (Å²) in [6.45, 7) is 2.10. The van der Waals surface area contributed by atoms with E-state index in [1.54, 1.807) is 4.90 Å². The molecule has 0 bridgehead atoms. The van der Waals surface area contributed by atoms with Gasteiger partial charge in [-0.1, -0.05) is 23.2 Å². The number of halogens is 2. The average Bonchev–Trinajstić information content (AvgIpc) is 2.45. The summed E-state index contributed by atoms with van der Waals surface area (Å²) in [5, 5.41) is 0.668. The molecule has 0 atom stereocenters. The van der Waals surface area contributed by atoms with Crippen LogP contribution in [0.25, 0.3) is 0 Å². The minimum atomic E-state index is -3.56. The van der Waals surface area contributed by atoms with Crippen LogP contribution in [-0.4, -0.2) is 58.3 Å². The Morgan fingerprint density at radius 1 is 1.22 bits per heavy atom. The van der Waals surface area contributed by atoms with Gasteiger partial charge in [0.05, 0.1) is 25.2 Å². The van der Waals surface area contributed by atoms with Crippen LogP contribution in [0.15, 0.2) is 18.2 Å². The van der Waals surface area contributed by atoms with Crippen molar-refractivity contribution in [1.29, 1.82) is 0 Å². The van der Waals surface area contributed by atoms with E-state index in [2.05, 4.69) is 0 Å². The highest BCUT2D eigenvalue weighted by Gasteiger charge is 2.22. The fourth-order valence-corrected chi connectivity index (χ4v) is 3.76. The summed E-state index contributed by atoms with van der Waals surface area (Å²) >= 11 is 11.9. The predicted octanol–water partition coefficient (Wildman–Crippen LogP) is 2.01. The average molecular weight is 381 g/mol. The van der Waals surface area contributed by atoms with Gasteiger partial charge in [-0.3, -0.25) is 9.10 Å². The number of morpholine rings is 1. The van der Waals surface area contributed by atoms with Crippen LogP contribution < -0.4 is 4.31 Å². The van der Waals surface area contributed by atoms with Crippen LogP contribution in [0.1, 0.15) is 6.42 Å². The molecule has 1 aromatic carbocycles. The Labute approximate surface area is 146 Å². The standard InChI is InChI=1S/C14H18Cl2N2O4S/c1-23(20,21)18(13-9-11(15)8-12(16)10-13)3-2-14(19)17-4-6-22-7-5-17/h8-10H,2-7H2,1H3. The molecule has 1 fully saturated rings. The van der Waals surface area contributed by atoms with E-state index in [1.807, 2.05) is 0 Å². The second kappa shape index (κ2) is 7.70. The topological polar surface area (TPSA) is 66.9 Å². The lowest BCUT2D eigenvalue weighted by molar-refractivity contribution is -0.134. The summed E-state index contributed by atoms with van der Waals surface area (Å²) in [7, 11) is -3.56. The minimum Gasteiger partial charge on any atom is -0.378 e. The van der Waals surface area contributed by atoms with Gasteiger partial charge in [0.2, 0.25) is 15.9 Å². The summed E-state index contributed by atoms with van der Waals surface area (Å²) in [6, 6.07) is 4.54. The van der Waals surface area contributed by atoms with Gasteiger partial charge in [-0.2, -0.15) is 0 Å². The number of sulfonamides is 1. The lowest BCUT2D eigenvalue weighted by atomic mass is 10.3. The van der Waals surface area contributed by atoms with E-state index in [0.29, 0.717) is 42.0 Å². The maximum Gasteiger partial charge on any atom is 0.232 e. The molecular formula is C14H18Cl2N2O4S. The molecule has 0 aliphatic carbocycles. The van der Waals surface area contributed by atoms with Crippen molar-refractivity contribution < 1.29 is 17.9 Å². The normalized spacial score (nSPS) is 15.5. The van der Waals surface area contributed by atoms with E-state index in [1.165, 1.54) is 18.2 Å². The molecule has 1 aliphatic rings. The Hall–Kier alpha value is -1.02. The van der Waals surface area contributed by atoms with Gasteiger partial charge in [0.15, 0.2) is 0 Å². The van der Waals surface area contributed by atoms with E-state index in [-0.39, 0.29) is 18.9 Å². The van der Waals surface area contributed by atoms with Crippen molar-refractivity contribution in [3.63, 3.8) is 0 Å². The number of hydrogen-bond acceptors (Lipinski definition) is 4. The third-order valence-electron chi connectivity index (χ3n) is 3.43. The zero-order valence-electron chi connectivity index (χ0n) is 12.7. The number of amides is 1. The van der Waals surface area contributed by atoms with Crippen LogP contribution >= 0.6 is 23.2 Å². The van der Waals surface area contributed by atoms with E-state index >= 15 is 0 Å². The minimum absolute atomic E-state index is 0.0334.